The number of carboxylic acid groups (broad SMARTS) is 1. The van der Waals surface area contributed by atoms with Crippen LogP contribution in [0.25, 0.3) is 11.1 Å². The SMILES string of the molecule is CC(c1ccc(-c2ccccc2)c(F)c1)c1cc(N=C(NC(=O)OC(C)(C)C)N(C)CC(=O)O)on1. The molecule has 2 N–H and O–H groups in total. The zero-order valence-corrected chi connectivity index (χ0v) is 20.8. The molecule has 0 saturated carbocycles. The van der Waals surface area contributed by atoms with Crippen LogP contribution in [0.2, 0.25) is 0 Å². The average Bonchev–Trinajstić information content (AvgIpc) is 3.25. The van der Waals surface area contributed by atoms with Gasteiger partial charge in [-0.1, -0.05) is 54.5 Å². The van der Waals surface area contributed by atoms with Crippen molar-refractivity contribution in [1.82, 2.24) is 15.4 Å². The van der Waals surface area contributed by atoms with Crippen molar-refractivity contribution < 1.29 is 28.3 Å². The minimum atomic E-state index is -1.12. The molecule has 0 radical (unpaired) electrons. The molecule has 0 bridgehead atoms. The lowest BCUT2D eigenvalue weighted by molar-refractivity contribution is -0.137. The van der Waals surface area contributed by atoms with E-state index in [0.29, 0.717) is 16.8 Å². The van der Waals surface area contributed by atoms with E-state index in [-0.39, 0.29) is 23.6 Å². The predicted molar refractivity (Wildman–Crippen MR) is 133 cm³/mol. The van der Waals surface area contributed by atoms with Crippen molar-refractivity contribution in [2.45, 2.75) is 39.2 Å². The summed E-state index contributed by atoms with van der Waals surface area (Å²) in [5.74, 6) is -1.87. The van der Waals surface area contributed by atoms with Crippen LogP contribution in [0.4, 0.5) is 15.1 Å². The Labute approximate surface area is 208 Å². The normalized spacial score (nSPS) is 12.7. The van der Waals surface area contributed by atoms with Crippen LogP contribution in [-0.2, 0) is 9.53 Å². The number of halogens is 1. The van der Waals surface area contributed by atoms with E-state index in [1.54, 1.807) is 32.9 Å². The van der Waals surface area contributed by atoms with Crippen LogP contribution in [0.15, 0.2) is 64.1 Å². The third-order valence-corrected chi connectivity index (χ3v) is 5.10. The van der Waals surface area contributed by atoms with E-state index in [1.165, 1.54) is 18.0 Å². The first-order valence-electron chi connectivity index (χ1n) is 11.3. The van der Waals surface area contributed by atoms with Crippen molar-refractivity contribution >= 4 is 23.9 Å². The quantitative estimate of drug-likeness (QED) is 0.357. The monoisotopic (exact) mass is 496 g/mol. The van der Waals surface area contributed by atoms with Gasteiger partial charge in [0.25, 0.3) is 5.88 Å². The Balaban J connectivity index is 1.83. The largest absolute Gasteiger partial charge is 0.480 e. The molecule has 190 valence electrons. The fourth-order valence-electron chi connectivity index (χ4n) is 3.34. The number of aromatic nitrogens is 1. The third kappa shape index (κ3) is 7.14. The molecule has 1 unspecified atom stereocenters. The van der Waals surface area contributed by atoms with Gasteiger partial charge in [0.05, 0.1) is 5.69 Å². The third-order valence-electron chi connectivity index (χ3n) is 5.10. The molecule has 0 aliphatic heterocycles. The van der Waals surface area contributed by atoms with Crippen molar-refractivity contribution in [3.8, 4) is 11.1 Å². The topological polar surface area (TPSA) is 117 Å². The molecular formula is C26H29FN4O5. The Bertz CT molecular complexity index is 1250. The highest BCUT2D eigenvalue weighted by molar-refractivity contribution is 5.96. The number of carbonyl (C=O) groups excluding carboxylic acids is 1. The number of amides is 1. The molecule has 0 spiro atoms. The number of guanidine groups is 1. The number of nitrogens with one attached hydrogen (secondary N) is 1. The second-order valence-corrected chi connectivity index (χ2v) is 9.23. The van der Waals surface area contributed by atoms with Crippen LogP contribution in [0.5, 0.6) is 0 Å². The summed E-state index contributed by atoms with van der Waals surface area (Å²) in [6.07, 6.45) is -0.805. The number of carboxylic acids is 1. The first-order valence-corrected chi connectivity index (χ1v) is 11.3. The van der Waals surface area contributed by atoms with Crippen molar-refractivity contribution in [1.29, 1.82) is 0 Å². The number of hydrogen-bond donors (Lipinski definition) is 2. The van der Waals surface area contributed by atoms with Crippen LogP contribution in [-0.4, -0.2) is 52.4 Å². The van der Waals surface area contributed by atoms with Gasteiger partial charge >= 0.3 is 12.1 Å². The lowest BCUT2D eigenvalue weighted by Crippen LogP contribution is -2.45. The van der Waals surface area contributed by atoms with Crippen molar-refractivity contribution in [2.75, 3.05) is 13.6 Å². The highest BCUT2D eigenvalue weighted by Crippen LogP contribution is 2.30. The Morgan fingerprint density at radius 1 is 1.19 bits per heavy atom. The molecule has 0 aliphatic rings. The smallest absolute Gasteiger partial charge is 0.414 e. The molecular weight excluding hydrogens is 467 g/mol. The van der Waals surface area contributed by atoms with E-state index in [0.717, 1.165) is 5.56 Å². The molecule has 0 saturated heterocycles. The number of aliphatic imine (C=N–C) groups is 1. The standard InChI is InChI=1S/C26H29FN4O5/c1-16(18-11-12-19(20(27)13-18)17-9-7-6-8-10-17)21-14-22(36-30-21)28-24(31(5)15-23(32)33)29-25(34)35-26(2,3)4/h6-14,16H,15H2,1-5H3,(H,32,33)(H,28,29,34). The molecule has 1 amide bonds. The minimum Gasteiger partial charge on any atom is -0.480 e. The van der Waals surface area contributed by atoms with Gasteiger partial charge < -0.3 is 19.3 Å². The van der Waals surface area contributed by atoms with Gasteiger partial charge in [0, 0.05) is 24.6 Å². The van der Waals surface area contributed by atoms with Crippen LogP contribution in [0.3, 0.4) is 0 Å². The molecule has 3 rings (SSSR count). The molecule has 3 aromatic rings. The lowest BCUT2D eigenvalue weighted by atomic mass is 9.95. The number of carbonyl (C=O) groups is 2. The van der Waals surface area contributed by atoms with Crippen molar-refractivity contribution in [2.24, 2.45) is 4.99 Å². The number of aliphatic carboxylic acids is 1. The molecule has 2 aromatic carbocycles. The first-order chi connectivity index (χ1) is 16.9. The van der Waals surface area contributed by atoms with E-state index >= 15 is 0 Å². The molecule has 0 fully saturated rings. The fourth-order valence-corrected chi connectivity index (χ4v) is 3.34. The summed E-state index contributed by atoms with van der Waals surface area (Å²) >= 11 is 0. The Morgan fingerprint density at radius 2 is 1.89 bits per heavy atom. The Hall–Kier alpha value is -4.21. The van der Waals surface area contributed by atoms with Crippen LogP contribution < -0.4 is 5.32 Å². The second kappa shape index (κ2) is 11.0. The van der Waals surface area contributed by atoms with Gasteiger partial charge in [-0.25, -0.2) is 9.18 Å². The lowest BCUT2D eigenvalue weighted by Gasteiger charge is -2.23. The Kier molecular flexibility index (Phi) is 8.08. The maximum atomic E-state index is 14.8. The van der Waals surface area contributed by atoms with Gasteiger partial charge in [-0.15, -0.1) is 0 Å². The highest BCUT2D eigenvalue weighted by Gasteiger charge is 2.21. The average molecular weight is 497 g/mol. The number of likely N-dealkylation sites (N-methyl/N-ethyl adjacent to an activating group) is 1. The zero-order chi connectivity index (χ0) is 26.5. The maximum Gasteiger partial charge on any atom is 0.414 e. The number of hydrogen-bond acceptors (Lipinski definition) is 6. The van der Waals surface area contributed by atoms with E-state index in [2.05, 4.69) is 15.5 Å². The molecule has 1 heterocycles. The van der Waals surface area contributed by atoms with Crippen molar-refractivity contribution in [3.63, 3.8) is 0 Å². The summed E-state index contributed by atoms with van der Waals surface area (Å²) in [5, 5.41) is 15.6. The summed E-state index contributed by atoms with van der Waals surface area (Å²) in [4.78, 5) is 28.8. The molecule has 36 heavy (non-hydrogen) atoms. The minimum absolute atomic E-state index is 0.0292. The number of benzene rings is 2. The van der Waals surface area contributed by atoms with Gasteiger partial charge in [0.1, 0.15) is 18.0 Å². The summed E-state index contributed by atoms with van der Waals surface area (Å²) < 4.78 is 25.4. The van der Waals surface area contributed by atoms with E-state index in [1.807, 2.05) is 43.3 Å². The van der Waals surface area contributed by atoms with Gasteiger partial charge in [0.2, 0.25) is 5.96 Å². The summed E-state index contributed by atoms with van der Waals surface area (Å²) in [7, 11) is 1.45. The number of alkyl carbamates (subject to hydrolysis) is 1. The van der Waals surface area contributed by atoms with E-state index in [4.69, 9.17) is 14.4 Å². The number of ether oxygens (including phenoxy) is 1. The zero-order valence-electron chi connectivity index (χ0n) is 20.8. The highest BCUT2D eigenvalue weighted by atomic mass is 19.1. The van der Waals surface area contributed by atoms with Gasteiger partial charge in [-0.2, -0.15) is 4.99 Å². The van der Waals surface area contributed by atoms with E-state index < -0.39 is 24.2 Å². The number of nitrogens with zero attached hydrogens (tertiary/aromatic N) is 3. The molecule has 1 aromatic heterocycles. The predicted octanol–water partition coefficient (Wildman–Crippen LogP) is 5.16. The van der Waals surface area contributed by atoms with Crippen LogP contribution in [0.1, 0.15) is 44.9 Å². The maximum absolute atomic E-state index is 14.8. The van der Waals surface area contributed by atoms with Crippen LogP contribution >= 0.6 is 0 Å². The second-order valence-electron chi connectivity index (χ2n) is 9.23. The molecule has 9 nitrogen and oxygen atoms in total. The van der Waals surface area contributed by atoms with Gasteiger partial charge in [-0.05, 0) is 38.0 Å². The first kappa shape index (κ1) is 26.4. The molecule has 0 aliphatic carbocycles. The Morgan fingerprint density at radius 3 is 2.50 bits per heavy atom. The van der Waals surface area contributed by atoms with Gasteiger partial charge in [-0.3, -0.25) is 10.1 Å². The summed E-state index contributed by atoms with van der Waals surface area (Å²) in [6.45, 7) is 6.51. The van der Waals surface area contributed by atoms with Gasteiger partial charge in [0.15, 0.2) is 0 Å². The van der Waals surface area contributed by atoms with Crippen molar-refractivity contribution in [3.05, 3.63) is 71.7 Å². The molecule has 1 atom stereocenters. The van der Waals surface area contributed by atoms with E-state index in [9.17, 15) is 14.0 Å². The number of rotatable bonds is 6. The fraction of sp³-hybridized carbons (Fsp3) is 0.308. The van der Waals surface area contributed by atoms with Crippen LogP contribution in [0, 0.1) is 5.82 Å². The summed E-state index contributed by atoms with van der Waals surface area (Å²) in [5.41, 5.74) is 1.68. The summed E-state index contributed by atoms with van der Waals surface area (Å²) in [6, 6.07) is 15.8. The molecule has 10 heteroatoms.